The molecule has 1 aromatic heterocycles. The Kier molecular flexibility index (Phi) is 9.44. The normalized spacial score (nSPS) is 10.9. The number of nitrogens with one attached hydrogen (secondary N) is 3. The van der Waals surface area contributed by atoms with Gasteiger partial charge in [-0.2, -0.15) is 0 Å². The lowest BCUT2D eigenvalue weighted by atomic mass is 10.1. The van der Waals surface area contributed by atoms with Gasteiger partial charge in [0.25, 0.3) is 0 Å². The molecule has 3 aromatic rings. The number of aromatic nitrogens is 1. The fourth-order valence-corrected chi connectivity index (χ4v) is 2.61. The summed E-state index contributed by atoms with van der Waals surface area (Å²) in [6.45, 7) is 4.90. The minimum absolute atomic E-state index is 0. The lowest BCUT2D eigenvalue weighted by Gasteiger charge is -2.11. The number of hydrogen-bond acceptors (Lipinski definition) is 4. The van der Waals surface area contributed by atoms with Gasteiger partial charge in [0.2, 0.25) is 11.8 Å². The fraction of sp³-hybridized carbons (Fsp3) is 0.227. The van der Waals surface area contributed by atoms with E-state index in [9.17, 15) is 9.18 Å². The highest BCUT2D eigenvalue weighted by atomic mass is 127. The number of carbonyl (C=O) groups excluding carboxylic acids is 1. The summed E-state index contributed by atoms with van der Waals surface area (Å²) in [7, 11) is 0. The molecule has 164 valence electrons. The minimum Gasteiger partial charge on any atom is -0.444 e. The molecule has 0 saturated carbocycles. The lowest BCUT2D eigenvalue weighted by molar-refractivity contribution is -0.115. The number of nitrogens with zero attached hydrogens (tertiary/aromatic N) is 2. The molecule has 0 spiro atoms. The predicted molar refractivity (Wildman–Crippen MR) is 130 cm³/mol. The van der Waals surface area contributed by atoms with Crippen LogP contribution in [0.1, 0.15) is 18.2 Å². The van der Waals surface area contributed by atoms with Crippen LogP contribution in [0.15, 0.2) is 64.2 Å². The summed E-state index contributed by atoms with van der Waals surface area (Å²) in [5.41, 5.74) is 3.27. The number of halogens is 2. The van der Waals surface area contributed by atoms with E-state index in [1.807, 2.05) is 38.1 Å². The first-order valence-corrected chi connectivity index (χ1v) is 9.62. The molecule has 3 N–H and O–H groups in total. The summed E-state index contributed by atoms with van der Waals surface area (Å²) in [4.78, 5) is 21.0. The van der Waals surface area contributed by atoms with Gasteiger partial charge in [-0.15, -0.1) is 24.0 Å². The first-order chi connectivity index (χ1) is 14.5. The van der Waals surface area contributed by atoms with E-state index in [0.29, 0.717) is 36.3 Å². The van der Waals surface area contributed by atoms with Crippen molar-refractivity contribution < 1.29 is 13.6 Å². The number of guanidine groups is 1. The first kappa shape index (κ1) is 24.3. The largest absolute Gasteiger partial charge is 0.444 e. The topological polar surface area (TPSA) is 91.6 Å². The molecule has 0 saturated heterocycles. The van der Waals surface area contributed by atoms with Crippen molar-refractivity contribution in [3.05, 3.63) is 71.9 Å². The maximum absolute atomic E-state index is 12.9. The van der Waals surface area contributed by atoms with Crippen LogP contribution in [0.2, 0.25) is 0 Å². The highest BCUT2D eigenvalue weighted by molar-refractivity contribution is 14.0. The van der Waals surface area contributed by atoms with Crippen molar-refractivity contribution in [1.82, 2.24) is 15.6 Å². The number of oxazole rings is 1. The van der Waals surface area contributed by atoms with Gasteiger partial charge in [0.1, 0.15) is 17.8 Å². The number of aryl methyl sites for hydroxylation is 1. The SMILES string of the molecule is CCNC(=NCc1coc(-c2ccc(C)cc2)n1)NCC(=O)Nc1ccc(F)cc1.I. The van der Waals surface area contributed by atoms with Gasteiger partial charge in [0, 0.05) is 17.8 Å². The summed E-state index contributed by atoms with van der Waals surface area (Å²) >= 11 is 0. The van der Waals surface area contributed by atoms with E-state index in [1.54, 1.807) is 6.26 Å². The van der Waals surface area contributed by atoms with Crippen LogP contribution in [0.5, 0.6) is 0 Å². The quantitative estimate of drug-likeness (QED) is 0.240. The van der Waals surface area contributed by atoms with Crippen molar-refractivity contribution in [2.75, 3.05) is 18.4 Å². The summed E-state index contributed by atoms with van der Waals surface area (Å²) in [5, 5.41) is 8.72. The maximum atomic E-state index is 12.9. The van der Waals surface area contributed by atoms with Gasteiger partial charge in [-0.05, 0) is 50.2 Å². The number of carbonyl (C=O) groups is 1. The summed E-state index contributed by atoms with van der Waals surface area (Å²) in [5.74, 6) is 0.393. The standard InChI is InChI=1S/C22H24FN5O2.HI/c1-3-24-22(26-13-20(29)27-18-10-8-17(23)9-11-18)25-12-19-14-30-21(28-19)16-6-4-15(2)5-7-16;/h4-11,14H,3,12-13H2,1-2H3,(H,27,29)(H2,24,25,26);1H. The van der Waals surface area contributed by atoms with Crippen molar-refractivity contribution in [3.63, 3.8) is 0 Å². The average Bonchev–Trinajstić information content (AvgIpc) is 3.21. The number of benzene rings is 2. The van der Waals surface area contributed by atoms with Crippen LogP contribution in [-0.2, 0) is 11.3 Å². The second-order valence-electron chi connectivity index (χ2n) is 6.61. The summed E-state index contributed by atoms with van der Waals surface area (Å²) < 4.78 is 18.5. The minimum atomic E-state index is -0.355. The fourth-order valence-electron chi connectivity index (χ4n) is 2.61. The lowest BCUT2D eigenvalue weighted by Crippen LogP contribution is -2.41. The molecule has 0 unspecified atom stereocenters. The van der Waals surface area contributed by atoms with Crippen LogP contribution in [0.3, 0.4) is 0 Å². The van der Waals surface area contributed by atoms with E-state index in [0.717, 1.165) is 5.56 Å². The Bertz CT molecular complexity index is 1000. The number of anilines is 1. The third kappa shape index (κ3) is 7.67. The molecule has 0 radical (unpaired) electrons. The van der Waals surface area contributed by atoms with Crippen molar-refractivity contribution in [1.29, 1.82) is 0 Å². The highest BCUT2D eigenvalue weighted by Crippen LogP contribution is 2.19. The van der Waals surface area contributed by atoms with Crippen molar-refractivity contribution >= 4 is 41.5 Å². The zero-order valence-corrected chi connectivity index (χ0v) is 19.6. The Labute approximate surface area is 197 Å². The maximum Gasteiger partial charge on any atom is 0.243 e. The molecule has 0 aliphatic rings. The Morgan fingerprint density at radius 1 is 1.10 bits per heavy atom. The zero-order chi connectivity index (χ0) is 21.3. The van der Waals surface area contributed by atoms with E-state index in [2.05, 4.69) is 25.9 Å². The Morgan fingerprint density at radius 3 is 2.48 bits per heavy atom. The van der Waals surface area contributed by atoms with Crippen LogP contribution in [-0.4, -0.2) is 29.9 Å². The Balaban J connectivity index is 0.00000341. The van der Waals surface area contributed by atoms with Crippen LogP contribution in [0.25, 0.3) is 11.5 Å². The van der Waals surface area contributed by atoms with E-state index >= 15 is 0 Å². The van der Waals surface area contributed by atoms with Crippen LogP contribution in [0, 0.1) is 12.7 Å². The number of amides is 1. The predicted octanol–water partition coefficient (Wildman–Crippen LogP) is 4.10. The van der Waals surface area contributed by atoms with E-state index < -0.39 is 0 Å². The van der Waals surface area contributed by atoms with Crippen LogP contribution in [0.4, 0.5) is 10.1 Å². The van der Waals surface area contributed by atoms with E-state index in [4.69, 9.17) is 4.42 Å². The molecule has 2 aromatic carbocycles. The molecular formula is C22H25FIN5O2. The molecule has 7 nitrogen and oxygen atoms in total. The molecule has 0 atom stereocenters. The summed E-state index contributed by atoms with van der Waals surface area (Å²) in [6, 6.07) is 13.5. The van der Waals surface area contributed by atoms with Gasteiger partial charge in [-0.3, -0.25) is 4.79 Å². The van der Waals surface area contributed by atoms with E-state index in [-0.39, 0.29) is 42.2 Å². The van der Waals surface area contributed by atoms with Crippen molar-refractivity contribution in [3.8, 4) is 11.5 Å². The molecule has 31 heavy (non-hydrogen) atoms. The van der Waals surface area contributed by atoms with Gasteiger partial charge in [0.05, 0.1) is 13.1 Å². The molecular weight excluding hydrogens is 512 g/mol. The average molecular weight is 537 g/mol. The summed E-state index contributed by atoms with van der Waals surface area (Å²) in [6.07, 6.45) is 1.57. The number of rotatable bonds is 7. The third-order valence-electron chi connectivity index (χ3n) is 4.14. The second-order valence-corrected chi connectivity index (χ2v) is 6.61. The monoisotopic (exact) mass is 537 g/mol. The molecule has 0 aliphatic carbocycles. The van der Waals surface area contributed by atoms with Gasteiger partial charge < -0.3 is 20.4 Å². The van der Waals surface area contributed by atoms with Gasteiger partial charge in [-0.25, -0.2) is 14.4 Å². The van der Waals surface area contributed by atoms with Gasteiger partial charge >= 0.3 is 0 Å². The van der Waals surface area contributed by atoms with Gasteiger partial charge in [-0.1, -0.05) is 17.7 Å². The Morgan fingerprint density at radius 2 is 1.81 bits per heavy atom. The molecule has 0 fully saturated rings. The second kappa shape index (κ2) is 12.0. The highest BCUT2D eigenvalue weighted by Gasteiger charge is 2.08. The van der Waals surface area contributed by atoms with Crippen molar-refractivity contribution in [2.45, 2.75) is 20.4 Å². The third-order valence-corrected chi connectivity index (χ3v) is 4.14. The zero-order valence-electron chi connectivity index (χ0n) is 17.3. The molecule has 1 amide bonds. The first-order valence-electron chi connectivity index (χ1n) is 9.62. The number of aliphatic imine (C=N–C) groups is 1. The van der Waals surface area contributed by atoms with Crippen LogP contribution < -0.4 is 16.0 Å². The molecule has 3 rings (SSSR count). The van der Waals surface area contributed by atoms with E-state index in [1.165, 1.54) is 29.8 Å². The molecule has 0 bridgehead atoms. The van der Waals surface area contributed by atoms with Crippen LogP contribution >= 0.6 is 24.0 Å². The van der Waals surface area contributed by atoms with Gasteiger partial charge in [0.15, 0.2) is 5.96 Å². The van der Waals surface area contributed by atoms with Crippen molar-refractivity contribution in [2.24, 2.45) is 4.99 Å². The Hall–Kier alpha value is -2.95. The smallest absolute Gasteiger partial charge is 0.243 e. The number of hydrogen-bond donors (Lipinski definition) is 3. The molecule has 9 heteroatoms. The molecule has 1 heterocycles. The molecule has 0 aliphatic heterocycles.